The van der Waals surface area contributed by atoms with Crippen molar-refractivity contribution in [1.29, 1.82) is 0 Å². The van der Waals surface area contributed by atoms with Gasteiger partial charge in [0.15, 0.2) is 5.82 Å². The molecule has 1 amide bonds. The SMILES string of the molecule is COCC1(C(=O)N2CCCN(Cc3noc(C)n3)CC2)CCC1. The minimum Gasteiger partial charge on any atom is -0.384 e. The zero-order chi connectivity index (χ0) is 16.3. The van der Waals surface area contributed by atoms with Gasteiger partial charge in [0.25, 0.3) is 0 Å². The van der Waals surface area contributed by atoms with Crippen molar-refractivity contribution < 1.29 is 14.1 Å². The molecule has 128 valence electrons. The second kappa shape index (κ2) is 6.97. The Morgan fingerprint density at radius 2 is 2.09 bits per heavy atom. The number of hydrogen-bond acceptors (Lipinski definition) is 6. The first-order valence-corrected chi connectivity index (χ1v) is 8.43. The lowest BCUT2D eigenvalue weighted by Gasteiger charge is -2.42. The topological polar surface area (TPSA) is 71.7 Å². The van der Waals surface area contributed by atoms with Gasteiger partial charge in [-0.2, -0.15) is 4.98 Å². The Hall–Kier alpha value is -1.47. The Kier molecular flexibility index (Phi) is 4.96. The molecule has 0 radical (unpaired) electrons. The van der Waals surface area contributed by atoms with Crippen molar-refractivity contribution in [2.24, 2.45) is 5.41 Å². The van der Waals surface area contributed by atoms with Crippen molar-refractivity contribution in [2.75, 3.05) is 39.9 Å². The normalized spacial score (nSPS) is 21.7. The van der Waals surface area contributed by atoms with Gasteiger partial charge in [0.05, 0.1) is 18.6 Å². The van der Waals surface area contributed by atoms with Crippen molar-refractivity contribution in [3.05, 3.63) is 11.7 Å². The first-order valence-electron chi connectivity index (χ1n) is 8.43. The summed E-state index contributed by atoms with van der Waals surface area (Å²) in [6.07, 6.45) is 4.03. The summed E-state index contributed by atoms with van der Waals surface area (Å²) in [6.45, 7) is 6.42. The van der Waals surface area contributed by atoms with Crippen LogP contribution < -0.4 is 0 Å². The lowest BCUT2D eigenvalue weighted by Crippen LogP contribution is -2.51. The molecule has 1 aliphatic carbocycles. The van der Waals surface area contributed by atoms with E-state index in [1.165, 1.54) is 0 Å². The fraction of sp³-hybridized carbons (Fsp3) is 0.812. The maximum absolute atomic E-state index is 12.9. The maximum atomic E-state index is 12.9. The van der Waals surface area contributed by atoms with Crippen LogP contribution in [0.2, 0.25) is 0 Å². The summed E-state index contributed by atoms with van der Waals surface area (Å²) in [6, 6.07) is 0. The van der Waals surface area contributed by atoms with E-state index in [-0.39, 0.29) is 11.3 Å². The number of aryl methyl sites for hydroxylation is 1. The Labute approximate surface area is 137 Å². The van der Waals surface area contributed by atoms with Crippen molar-refractivity contribution in [1.82, 2.24) is 19.9 Å². The molecule has 0 unspecified atom stereocenters. The summed E-state index contributed by atoms with van der Waals surface area (Å²) in [7, 11) is 1.68. The van der Waals surface area contributed by atoms with Gasteiger partial charge >= 0.3 is 0 Å². The molecular weight excluding hydrogens is 296 g/mol. The summed E-state index contributed by atoms with van der Waals surface area (Å²) in [5, 5.41) is 3.96. The Morgan fingerprint density at radius 3 is 2.70 bits per heavy atom. The molecule has 3 rings (SSSR count). The number of hydrogen-bond donors (Lipinski definition) is 0. The van der Waals surface area contributed by atoms with Gasteiger partial charge < -0.3 is 14.2 Å². The van der Waals surface area contributed by atoms with Crippen molar-refractivity contribution >= 4 is 5.91 Å². The van der Waals surface area contributed by atoms with Crippen molar-refractivity contribution in [3.8, 4) is 0 Å². The molecule has 23 heavy (non-hydrogen) atoms. The molecule has 1 saturated carbocycles. The number of aromatic nitrogens is 2. The lowest BCUT2D eigenvalue weighted by atomic mass is 9.68. The number of carbonyl (C=O) groups excluding carboxylic acids is 1. The summed E-state index contributed by atoms with van der Waals surface area (Å²) >= 11 is 0. The number of ether oxygens (including phenoxy) is 1. The molecule has 1 aliphatic heterocycles. The van der Waals surface area contributed by atoms with E-state index in [4.69, 9.17) is 9.26 Å². The Bertz CT molecular complexity index is 541. The predicted octanol–water partition coefficient (Wildman–Crippen LogP) is 1.23. The Balaban J connectivity index is 1.56. The standard InChI is InChI=1S/C16H26N4O3/c1-13-17-14(18-23-13)11-19-7-4-8-20(10-9-19)15(21)16(12-22-2)5-3-6-16/h3-12H2,1-2H3. The molecule has 1 aromatic heterocycles. The second-order valence-corrected chi connectivity index (χ2v) is 6.72. The van der Waals surface area contributed by atoms with Crippen LogP contribution in [0.4, 0.5) is 0 Å². The molecule has 1 saturated heterocycles. The summed E-state index contributed by atoms with van der Waals surface area (Å²) in [4.78, 5) is 21.5. The highest BCUT2D eigenvalue weighted by molar-refractivity contribution is 5.83. The van der Waals surface area contributed by atoms with E-state index >= 15 is 0 Å². The molecule has 0 N–H and O–H groups in total. The van der Waals surface area contributed by atoms with Crippen molar-refractivity contribution in [3.63, 3.8) is 0 Å². The molecular formula is C16H26N4O3. The van der Waals surface area contributed by atoms with Crippen LogP contribution in [0.5, 0.6) is 0 Å². The highest BCUT2D eigenvalue weighted by Gasteiger charge is 2.46. The maximum Gasteiger partial charge on any atom is 0.231 e. The van der Waals surface area contributed by atoms with Gasteiger partial charge in [0, 0.05) is 40.2 Å². The van der Waals surface area contributed by atoms with E-state index in [1.807, 2.05) is 4.90 Å². The van der Waals surface area contributed by atoms with E-state index < -0.39 is 0 Å². The minimum atomic E-state index is -0.255. The van der Waals surface area contributed by atoms with Crippen LogP contribution >= 0.6 is 0 Å². The molecule has 2 aliphatic rings. The lowest BCUT2D eigenvalue weighted by molar-refractivity contribution is -0.152. The van der Waals surface area contributed by atoms with Gasteiger partial charge in [-0.3, -0.25) is 9.69 Å². The first-order chi connectivity index (χ1) is 11.1. The second-order valence-electron chi connectivity index (χ2n) is 6.72. The number of amides is 1. The molecule has 2 heterocycles. The fourth-order valence-electron chi connectivity index (χ4n) is 3.57. The number of rotatable bonds is 5. The average Bonchev–Trinajstić information content (AvgIpc) is 2.76. The fourth-order valence-corrected chi connectivity index (χ4v) is 3.57. The first kappa shape index (κ1) is 16.4. The zero-order valence-electron chi connectivity index (χ0n) is 14.1. The molecule has 1 aromatic rings. The van der Waals surface area contributed by atoms with Crippen LogP contribution in [0.1, 0.15) is 37.4 Å². The number of carbonyl (C=O) groups is 1. The summed E-state index contributed by atoms with van der Waals surface area (Å²) in [5.41, 5.74) is -0.255. The van der Waals surface area contributed by atoms with Crippen molar-refractivity contribution in [2.45, 2.75) is 39.2 Å². The largest absolute Gasteiger partial charge is 0.384 e. The third kappa shape index (κ3) is 3.55. The predicted molar refractivity (Wildman–Crippen MR) is 83.7 cm³/mol. The van der Waals surface area contributed by atoms with Crippen LogP contribution in [0, 0.1) is 12.3 Å². The molecule has 7 nitrogen and oxygen atoms in total. The average molecular weight is 322 g/mol. The summed E-state index contributed by atoms with van der Waals surface area (Å²) < 4.78 is 10.3. The quantitative estimate of drug-likeness (QED) is 0.812. The van der Waals surface area contributed by atoms with E-state index in [0.717, 1.165) is 57.7 Å². The third-order valence-corrected chi connectivity index (χ3v) is 5.00. The van der Waals surface area contributed by atoms with Gasteiger partial charge in [-0.05, 0) is 19.3 Å². The van der Waals surface area contributed by atoms with Crippen LogP contribution in [0.3, 0.4) is 0 Å². The van der Waals surface area contributed by atoms with Crippen LogP contribution in [0.15, 0.2) is 4.52 Å². The van der Waals surface area contributed by atoms with E-state index in [2.05, 4.69) is 15.0 Å². The van der Waals surface area contributed by atoms with Gasteiger partial charge in [0.1, 0.15) is 0 Å². The molecule has 0 spiro atoms. The van der Waals surface area contributed by atoms with Gasteiger partial charge in [-0.1, -0.05) is 11.6 Å². The van der Waals surface area contributed by atoms with Gasteiger partial charge in [0.2, 0.25) is 11.8 Å². The monoisotopic (exact) mass is 322 g/mol. The highest BCUT2D eigenvalue weighted by atomic mass is 16.5. The molecule has 0 atom stereocenters. The molecule has 0 aromatic carbocycles. The smallest absolute Gasteiger partial charge is 0.231 e. The minimum absolute atomic E-state index is 0.255. The molecule has 0 bridgehead atoms. The van der Waals surface area contributed by atoms with Crippen LogP contribution in [-0.4, -0.2) is 65.7 Å². The third-order valence-electron chi connectivity index (χ3n) is 5.00. The molecule has 2 fully saturated rings. The van der Waals surface area contributed by atoms with Gasteiger partial charge in [-0.25, -0.2) is 0 Å². The zero-order valence-corrected chi connectivity index (χ0v) is 14.1. The Morgan fingerprint density at radius 1 is 1.26 bits per heavy atom. The van der Waals surface area contributed by atoms with Crippen LogP contribution in [0.25, 0.3) is 0 Å². The number of methoxy groups -OCH3 is 1. The van der Waals surface area contributed by atoms with E-state index in [0.29, 0.717) is 19.0 Å². The number of nitrogens with zero attached hydrogens (tertiary/aromatic N) is 4. The van der Waals surface area contributed by atoms with Gasteiger partial charge in [-0.15, -0.1) is 0 Å². The highest BCUT2D eigenvalue weighted by Crippen LogP contribution is 2.42. The summed E-state index contributed by atoms with van der Waals surface area (Å²) in [5.74, 6) is 1.60. The molecule has 7 heteroatoms. The van der Waals surface area contributed by atoms with E-state index in [1.54, 1.807) is 14.0 Å². The van der Waals surface area contributed by atoms with E-state index in [9.17, 15) is 4.79 Å². The van der Waals surface area contributed by atoms with Crippen LogP contribution in [-0.2, 0) is 16.1 Å².